The number of nitrogens with zero attached hydrogens (tertiary/aromatic N) is 3. The van der Waals surface area contributed by atoms with Crippen LogP contribution in [-0.2, 0) is 13.2 Å². The van der Waals surface area contributed by atoms with Gasteiger partial charge in [-0.15, -0.1) is 0 Å². The first-order valence-electron chi connectivity index (χ1n) is 8.47. The highest BCUT2D eigenvalue weighted by Crippen LogP contribution is 2.35. The molecule has 144 valence electrons. The van der Waals surface area contributed by atoms with Gasteiger partial charge in [-0.3, -0.25) is 4.79 Å². The van der Waals surface area contributed by atoms with E-state index in [1.165, 1.54) is 29.8 Å². The van der Waals surface area contributed by atoms with Crippen molar-refractivity contribution in [3.63, 3.8) is 0 Å². The molecule has 8 heteroatoms. The summed E-state index contributed by atoms with van der Waals surface area (Å²) in [7, 11) is 1.55. The molecule has 0 aliphatic carbocycles. The second kappa shape index (κ2) is 7.00. The highest BCUT2D eigenvalue weighted by atomic mass is 19.4. The summed E-state index contributed by atoms with van der Waals surface area (Å²) in [6.45, 7) is 3.17. The highest BCUT2D eigenvalue weighted by Gasteiger charge is 2.33. The van der Waals surface area contributed by atoms with Gasteiger partial charge in [-0.2, -0.15) is 18.4 Å². The molecular formula is C20H17F3N4O. The Morgan fingerprint density at radius 3 is 2.61 bits per heavy atom. The molecule has 0 bridgehead atoms. The number of pyridine rings is 2. The van der Waals surface area contributed by atoms with Gasteiger partial charge in [0.2, 0.25) is 0 Å². The molecule has 0 fully saturated rings. The number of aromatic nitrogens is 2. The Kier molecular flexibility index (Phi) is 4.86. The molecule has 0 radical (unpaired) electrons. The maximum Gasteiger partial charge on any atom is 0.416 e. The van der Waals surface area contributed by atoms with E-state index < -0.39 is 17.8 Å². The molecule has 28 heavy (non-hydrogen) atoms. The molecule has 3 rings (SSSR count). The van der Waals surface area contributed by atoms with Crippen molar-refractivity contribution in [1.82, 2.24) is 9.55 Å². The maximum atomic E-state index is 13.2. The molecule has 0 saturated heterocycles. The van der Waals surface area contributed by atoms with Crippen LogP contribution < -0.4 is 10.9 Å². The molecule has 2 aromatic heterocycles. The van der Waals surface area contributed by atoms with Crippen LogP contribution in [0.1, 0.15) is 35.2 Å². The molecule has 1 aromatic carbocycles. The van der Waals surface area contributed by atoms with Gasteiger partial charge in [0.05, 0.1) is 22.7 Å². The number of hydrogen-bond donors (Lipinski definition) is 1. The third-order valence-corrected chi connectivity index (χ3v) is 4.77. The molecule has 0 unspecified atom stereocenters. The topological polar surface area (TPSA) is 70.7 Å². The molecule has 0 amide bonds. The fourth-order valence-corrected chi connectivity index (χ4v) is 3.32. The van der Waals surface area contributed by atoms with Crippen molar-refractivity contribution in [1.29, 1.82) is 5.26 Å². The van der Waals surface area contributed by atoms with Gasteiger partial charge < -0.3 is 9.88 Å². The van der Waals surface area contributed by atoms with Crippen LogP contribution in [0.15, 0.2) is 41.3 Å². The first kappa shape index (κ1) is 19.4. The summed E-state index contributed by atoms with van der Waals surface area (Å²) in [5.41, 5.74) is 0.324. The Morgan fingerprint density at radius 1 is 1.25 bits per heavy atom. The van der Waals surface area contributed by atoms with Gasteiger partial charge in [0.25, 0.3) is 5.56 Å². The fourth-order valence-electron chi connectivity index (χ4n) is 3.32. The van der Waals surface area contributed by atoms with Crippen LogP contribution >= 0.6 is 0 Å². The lowest BCUT2D eigenvalue weighted by atomic mass is 9.97. The second-order valence-corrected chi connectivity index (χ2v) is 6.51. The van der Waals surface area contributed by atoms with Crippen LogP contribution in [0.5, 0.6) is 0 Å². The number of nitriles is 1. The number of aryl methyl sites for hydroxylation is 1. The number of hydrogen-bond acceptors (Lipinski definition) is 4. The molecule has 0 saturated carbocycles. The third-order valence-electron chi connectivity index (χ3n) is 4.77. The number of anilines is 1. The van der Waals surface area contributed by atoms with E-state index in [-0.39, 0.29) is 16.7 Å². The van der Waals surface area contributed by atoms with Crippen LogP contribution in [0.25, 0.3) is 10.9 Å². The summed E-state index contributed by atoms with van der Waals surface area (Å²) in [5.74, 6) is 0.383. The molecule has 2 heterocycles. The molecule has 0 aliphatic heterocycles. The summed E-state index contributed by atoms with van der Waals surface area (Å²) in [4.78, 5) is 16.2. The van der Waals surface area contributed by atoms with Crippen molar-refractivity contribution in [2.45, 2.75) is 26.1 Å². The van der Waals surface area contributed by atoms with E-state index in [9.17, 15) is 23.2 Å². The van der Waals surface area contributed by atoms with Crippen molar-refractivity contribution in [2.24, 2.45) is 7.05 Å². The van der Waals surface area contributed by atoms with E-state index in [0.717, 1.165) is 6.07 Å². The predicted molar refractivity (Wildman–Crippen MR) is 99.9 cm³/mol. The summed E-state index contributed by atoms with van der Waals surface area (Å²) >= 11 is 0. The Hall–Kier alpha value is -3.34. The zero-order valence-corrected chi connectivity index (χ0v) is 15.4. The zero-order valence-electron chi connectivity index (χ0n) is 15.4. The molecule has 3 aromatic rings. The molecule has 1 N–H and O–H groups in total. The molecule has 1 atom stereocenters. The average molecular weight is 386 g/mol. The summed E-state index contributed by atoms with van der Waals surface area (Å²) in [6, 6.07) is 8.49. The highest BCUT2D eigenvalue weighted by molar-refractivity contribution is 5.93. The van der Waals surface area contributed by atoms with Crippen molar-refractivity contribution >= 4 is 16.7 Å². The predicted octanol–water partition coefficient (Wildman–Crippen LogP) is 4.31. The van der Waals surface area contributed by atoms with Crippen LogP contribution in [0.2, 0.25) is 0 Å². The summed E-state index contributed by atoms with van der Waals surface area (Å²) in [5, 5.41) is 13.0. The Balaban J connectivity index is 2.09. The van der Waals surface area contributed by atoms with E-state index in [1.807, 2.05) is 6.07 Å². The minimum absolute atomic E-state index is 0.139. The smallest absolute Gasteiger partial charge is 0.363 e. The van der Waals surface area contributed by atoms with Gasteiger partial charge in [0.1, 0.15) is 11.9 Å². The van der Waals surface area contributed by atoms with Crippen LogP contribution in [0, 0.1) is 18.3 Å². The summed E-state index contributed by atoms with van der Waals surface area (Å²) < 4.78 is 40.9. The fraction of sp³-hybridized carbons (Fsp3) is 0.250. The third kappa shape index (κ3) is 3.31. The van der Waals surface area contributed by atoms with Gasteiger partial charge in [-0.25, -0.2) is 4.98 Å². The lowest BCUT2D eigenvalue weighted by molar-refractivity contribution is -0.138. The number of fused-ring (bicyclic) bond motifs is 1. The number of rotatable bonds is 3. The molecule has 0 spiro atoms. The molecule has 0 aliphatic rings. The Morgan fingerprint density at radius 2 is 1.96 bits per heavy atom. The second-order valence-electron chi connectivity index (χ2n) is 6.51. The first-order valence-corrected chi connectivity index (χ1v) is 8.47. The first-order chi connectivity index (χ1) is 13.1. The molecule has 5 nitrogen and oxygen atoms in total. The van der Waals surface area contributed by atoms with Crippen LogP contribution in [0.3, 0.4) is 0 Å². The number of halogens is 3. The molecular weight excluding hydrogens is 369 g/mol. The Labute approximate surface area is 159 Å². The van der Waals surface area contributed by atoms with Crippen molar-refractivity contribution < 1.29 is 13.2 Å². The lowest BCUT2D eigenvalue weighted by Crippen LogP contribution is -2.18. The van der Waals surface area contributed by atoms with E-state index >= 15 is 0 Å². The number of alkyl halides is 3. The monoisotopic (exact) mass is 386 g/mol. The maximum absolute atomic E-state index is 13.2. The van der Waals surface area contributed by atoms with Crippen LogP contribution in [-0.4, -0.2) is 9.55 Å². The number of benzene rings is 1. The van der Waals surface area contributed by atoms with Gasteiger partial charge >= 0.3 is 6.18 Å². The van der Waals surface area contributed by atoms with Gasteiger partial charge in [-0.1, -0.05) is 12.1 Å². The minimum Gasteiger partial charge on any atom is -0.363 e. The number of nitrogens with one attached hydrogen (secondary N) is 1. The normalized spacial score (nSPS) is 12.6. The van der Waals surface area contributed by atoms with Gasteiger partial charge in [-0.05, 0) is 37.1 Å². The Bertz CT molecular complexity index is 1160. The standard InChI is InChI=1S/C20H17F3N4O/c1-11-14(5-4-6-16(11)20(21,22)23)12(2)26-19-15-7-8-17(28)27(3)18(15)13(9-24)10-25-19/h4-8,10,12H,1-3H3,(H,25,26)/t12-/m1/s1. The van der Waals surface area contributed by atoms with Crippen LogP contribution in [0.4, 0.5) is 19.0 Å². The summed E-state index contributed by atoms with van der Waals surface area (Å²) in [6.07, 6.45) is -3.09. The SMILES string of the molecule is Cc1c([C@@H](C)Nc2ncc(C#N)c3c2ccc(=O)n3C)cccc1C(F)(F)F. The largest absolute Gasteiger partial charge is 0.416 e. The quantitative estimate of drug-likeness (QED) is 0.728. The van der Waals surface area contributed by atoms with Gasteiger partial charge in [0.15, 0.2) is 0 Å². The van der Waals surface area contributed by atoms with Gasteiger partial charge in [0, 0.05) is 24.7 Å². The van der Waals surface area contributed by atoms with E-state index in [4.69, 9.17) is 0 Å². The van der Waals surface area contributed by atoms with Crippen molar-refractivity contribution in [3.8, 4) is 6.07 Å². The zero-order chi connectivity index (χ0) is 20.6. The van der Waals surface area contributed by atoms with Crippen molar-refractivity contribution in [2.75, 3.05) is 5.32 Å². The van der Waals surface area contributed by atoms with E-state index in [1.54, 1.807) is 26.1 Å². The van der Waals surface area contributed by atoms with E-state index in [2.05, 4.69) is 10.3 Å². The van der Waals surface area contributed by atoms with E-state index in [0.29, 0.717) is 22.3 Å². The average Bonchev–Trinajstić information content (AvgIpc) is 2.64. The minimum atomic E-state index is -4.43. The van der Waals surface area contributed by atoms with Crippen molar-refractivity contribution in [3.05, 3.63) is 69.1 Å². The lowest BCUT2D eigenvalue weighted by Gasteiger charge is -2.21.